The van der Waals surface area contributed by atoms with E-state index >= 15 is 0 Å². The topological polar surface area (TPSA) is 125 Å². The molecular formula is C20H11Br2ClFN3O5S. The second kappa shape index (κ2) is 10.1. The van der Waals surface area contributed by atoms with Gasteiger partial charge in [0.25, 0.3) is 15.9 Å². The van der Waals surface area contributed by atoms with Gasteiger partial charge in [-0.1, -0.05) is 32.1 Å². The number of nitrogens with one attached hydrogen (secondary N) is 1. The van der Waals surface area contributed by atoms with E-state index < -0.39 is 27.7 Å². The third-order valence-electron chi connectivity index (χ3n) is 4.11. The largest absolute Gasteiger partial charge is 0.478 e. The fourth-order valence-electron chi connectivity index (χ4n) is 2.53. The molecule has 8 nitrogen and oxygen atoms in total. The maximum absolute atomic E-state index is 13.2. The van der Waals surface area contributed by atoms with E-state index in [9.17, 15) is 27.5 Å². The summed E-state index contributed by atoms with van der Waals surface area (Å²) in [6, 6.07) is 11.1. The molecule has 13 heteroatoms. The number of amides is 1. The number of hydrogen-bond donors (Lipinski definition) is 2. The standard InChI is InChI=1S/C20H11Br2ClFN3O5S/c21-10-1-6-18(14(7-10)20(29)30)25-19(28)13-9-12(3-4-15(13)22)33(31,32)27-26-11-2-5-17(24)16(23)8-11/h1-9H,(H,25,28)(H,29,30). The Morgan fingerprint density at radius 2 is 1.73 bits per heavy atom. The average Bonchev–Trinajstić information content (AvgIpc) is 2.75. The van der Waals surface area contributed by atoms with Gasteiger partial charge in [-0.05, 0) is 70.5 Å². The first kappa shape index (κ1) is 25.0. The molecule has 0 saturated carbocycles. The number of anilines is 1. The molecule has 3 aromatic carbocycles. The molecule has 0 aliphatic carbocycles. The van der Waals surface area contributed by atoms with Crippen molar-refractivity contribution in [3.63, 3.8) is 0 Å². The summed E-state index contributed by atoms with van der Waals surface area (Å²) in [7, 11) is -4.33. The summed E-state index contributed by atoms with van der Waals surface area (Å²) in [5.41, 5.74) is -0.222. The Kier molecular flexibility index (Phi) is 7.62. The molecule has 0 bridgehead atoms. The molecule has 3 aromatic rings. The van der Waals surface area contributed by atoms with Crippen molar-refractivity contribution in [3.05, 3.63) is 85.5 Å². The number of halogens is 4. The van der Waals surface area contributed by atoms with Gasteiger partial charge in [0.05, 0.1) is 32.4 Å². The van der Waals surface area contributed by atoms with Gasteiger partial charge in [0.15, 0.2) is 0 Å². The molecule has 33 heavy (non-hydrogen) atoms. The number of carboxylic acid groups (broad SMARTS) is 1. The first-order valence-electron chi connectivity index (χ1n) is 8.75. The van der Waals surface area contributed by atoms with E-state index in [4.69, 9.17) is 11.6 Å². The number of aromatic carboxylic acids is 1. The Labute approximate surface area is 208 Å². The number of carbonyl (C=O) groups is 2. The Balaban J connectivity index is 1.91. The molecule has 3 rings (SSSR count). The SMILES string of the molecule is O=C(Nc1ccc(Br)cc1C(=O)O)c1cc(S(=O)(=O)N=Nc2ccc(F)c(Cl)c2)ccc1Br. The Bertz CT molecular complexity index is 1420. The van der Waals surface area contributed by atoms with Crippen molar-refractivity contribution in [1.29, 1.82) is 0 Å². The molecule has 0 atom stereocenters. The summed E-state index contributed by atoms with van der Waals surface area (Å²) < 4.78 is 42.5. The van der Waals surface area contributed by atoms with E-state index in [-0.39, 0.29) is 36.9 Å². The molecule has 0 radical (unpaired) electrons. The van der Waals surface area contributed by atoms with Gasteiger partial charge in [0.1, 0.15) is 5.82 Å². The fraction of sp³-hybridized carbons (Fsp3) is 0. The van der Waals surface area contributed by atoms with E-state index in [1.54, 1.807) is 6.07 Å². The zero-order chi connectivity index (χ0) is 24.3. The predicted octanol–water partition coefficient (Wildman–Crippen LogP) is 6.43. The number of rotatable bonds is 6. The minimum Gasteiger partial charge on any atom is -0.478 e. The monoisotopic (exact) mass is 617 g/mol. The Hall–Kier alpha value is -2.67. The highest BCUT2D eigenvalue weighted by Crippen LogP contribution is 2.27. The van der Waals surface area contributed by atoms with Crippen LogP contribution >= 0.6 is 43.5 Å². The second-order valence-corrected chi connectivity index (χ2v) is 10.1. The number of benzene rings is 3. The van der Waals surface area contributed by atoms with Crippen LogP contribution < -0.4 is 5.32 Å². The molecule has 0 aromatic heterocycles. The van der Waals surface area contributed by atoms with Gasteiger partial charge < -0.3 is 10.4 Å². The molecule has 0 aliphatic heterocycles. The maximum Gasteiger partial charge on any atom is 0.337 e. The first-order chi connectivity index (χ1) is 15.5. The minimum atomic E-state index is -4.33. The fourth-order valence-corrected chi connectivity index (χ4v) is 4.29. The zero-order valence-corrected chi connectivity index (χ0v) is 20.8. The highest BCUT2D eigenvalue weighted by molar-refractivity contribution is 9.10. The van der Waals surface area contributed by atoms with E-state index in [0.717, 1.165) is 18.2 Å². The minimum absolute atomic E-state index is 0.0106. The predicted molar refractivity (Wildman–Crippen MR) is 126 cm³/mol. The number of nitrogens with zero attached hydrogens (tertiary/aromatic N) is 2. The van der Waals surface area contributed by atoms with Crippen molar-refractivity contribution in [2.45, 2.75) is 4.90 Å². The second-order valence-electron chi connectivity index (χ2n) is 6.35. The van der Waals surface area contributed by atoms with Crippen LogP contribution in [-0.2, 0) is 10.0 Å². The number of sulfonamides is 1. The van der Waals surface area contributed by atoms with Crippen LogP contribution in [-0.4, -0.2) is 25.4 Å². The third-order valence-corrected chi connectivity index (χ3v) is 6.73. The molecule has 0 saturated heterocycles. The van der Waals surface area contributed by atoms with Crippen LogP contribution in [0.2, 0.25) is 5.02 Å². The van der Waals surface area contributed by atoms with Crippen LogP contribution in [0.15, 0.2) is 78.1 Å². The first-order valence-corrected chi connectivity index (χ1v) is 12.1. The lowest BCUT2D eigenvalue weighted by molar-refractivity contribution is 0.0698. The molecule has 2 N–H and O–H groups in total. The van der Waals surface area contributed by atoms with Crippen LogP contribution in [0.1, 0.15) is 20.7 Å². The van der Waals surface area contributed by atoms with Crippen LogP contribution in [0.3, 0.4) is 0 Å². The van der Waals surface area contributed by atoms with Crippen LogP contribution in [0, 0.1) is 5.82 Å². The summed E-state index contributed by atoms with van der Waals surface area (Å²) in [6.07, 6.45) is 0. The smallest absolute Gasteiger partial charge is 0.337 e. The van der Waals surface area contributed by atoms with Crippen molar-refractivity contribution >= 4 is 76.7 Å². The molecular weight excluding hydrogens is 609 g/mol. The summed E-state index contributed by atoms with van der Waals surface area (Å²) in [5.74, 6) is -2.71. The average molecular weight is 620 g/mol. The van der Waals surface area contributed by atoms with Gasteiger partial charge in [-0.2, -0.15) is 8.42 Å². The highest BCUT2D eigenvalue weighted by atomic mass is 79.9. The van der Waals surface area contributed by atoms with E-state index in [0.29, 0.717) is 4.47 Å². The molecule has 0 unspecified atom stereocenters. The quantitative estimate of drug-likeness (QED) is 0.308. The van der Waals surface area contributed by atoms with Crippen molar-refractivity contribution in [2.75, 3.05) is 5.32 Å². The lowest BCUT2D eigenvalue weighted by Crippen LogP contribution is -2.16. The third kappa shape index (κ3) is 6.02. The number of hydrogen-bond acceptors (Lipinski definition) is 5. The van der Waals surface area contributed by atoms with Crippen molar-refractivity contribution < 1.29 is 27.5 Å². The molecule has 0 fully saturated rings. The number of carboxylic acids is 1. The van der Waals surface area contributed by atoms with Crippen molar-refractivity contribution in [2.24, 2.45) is 9.63 Å². The maximum atomic E-state index is 13.2. The lowest BCUT2D eigenvalue weighted by Gasteiger charge is -2.11. The van der Waals surface area contributed by atoms with Gasteiger partial charge >= 0.3 is 5.97 Å². The number of carbonyl (C=O) groups excluding carboxylic acids is 1. The molecule has 170 valence electrons. The lowest BCUT2D eigenvalue weighted by atomic mass is 10.1. The molecule has 0 heterocycles. The Morgan fingerprint density at radius 3 is 2.39 bits per heavy atom. The van der Waals surface area contributed by atoms with Crippen LogP contribution in [0.4, 0.5) is 15.8 Å². The van der Waals surface area contributed by atoms with Crippen LogP contribution in [0.25, 0.3) is 0 Å². The van der Waals surface area contributed by atoms with Gasteiger partial charge in [-0.25, -0.2) is 9.18 Å². The van der Waals surface area contributed by atoms with Gasteiger partial charge in [-0.15, -0.1) is 5.11 Å². The van der Waals surface area contributed by atoms with Crippen molar-refractivity contribution in [3.8, 4) is 0 Å². The zero-order valence-electron chi connectivity index (χ0n) is 16.1. The molecule has 1 amide bonds. The normalized spacial score (nSPS) is 11.5. The van der Waals surface area contributed by atoms with Crippen LogP contribution in [0.5, 0.6) is 0 Å². The Morgan fingerprint density at radius 1 is 1.00 bits per heavy atom. The summed E-state index contributed by atoms with van der Waals surface area (Å²) >= 11 is 12.0. The van der Waals surface area contributed by atoms with E-state index in [1.807, 2.05) is 0 Å². The van der Waals surface area contributed by atoms with Gasteiger partial charge in [-0.3, -0.25) is 4.79 Å². The van der Waals surface area contributed by atoms with E-state index in [1.165, 1.54) is 30.3 Å². The summed E-state index contributed by atoms with van der Waals surface area (Å²) in [4.78, 5) is 23.9. The van der Waals surface area contributed by atoms with Gasteiger partial charge in [0.2, 0.25) is 0 Å². The summed E-state index contributed by atoms with van der Waals surface area (Å²) in [5, 5.41) is 15.1. The summed E-state index contributed by atoms with van der Waals surface area (Å²) in [6.45, 7) is 0. The van der Waals surface area contributed by atoms with E-state index in [2.05, 4.69) is 46.8 Å². The van der Waals surface area contributed by atoms with Gasteiger partial charge in [0, 0.05) is 8.95 Å². The molecule has 0 spiro atoms. The molecule has 0 aliphatic rings. The van der Waals surface area contributed by atoms with Crippen molar-refractivity contribution in [1.82, 2.24) is 0 Å². The highest BCUT2D eigenvalue weighted by Gasteiger charge is 2.20.